The third kappa shape index (κ3) is 4.58. The zero-order valence-electron chi connectivity index (χ0n) is 13.0. The van der Waals surface area contributed by atoms with E-state index in [-0.39, 0.29) is 0 Å². The number of thioether (sulfide) groups is 1. The van der Waals surface area contributed by atoms with Gasteiger partial charge in [-0.3, -0.25) is 0 Å². The summed E-state index contributed by atoms with van der Waals surface area (Å²) in [6, 6.07) is 9.27. The highest BCUT2D eigenvalue weighted by molar-refractivity contribution is 7.99. The molecule has 0 aliphatic rings. The van der Waals surface area contributed by atoms with Crippen molar-refractivity contribution in [3.05, 3.63) is 41.7 Å². The molecule has 1 atom stereocenters. The number of nitrogens with zero attached hydrogens (tertiary/aromatic N) is 3. The maximum Gasteiger partial charge on any atom is 0.190 e. The number of rotatable bonds is 8. The van der Waals surface area contributed by atoms with Crippen molar-refractivity contribution < 1.29 is 0 Å². The van der Waals surface area contributed by atoms with Crippen LogP contribution in [0, 0.1) is 0 Å². The molecule has 0 radical (unpaired) electrons. The van der Waals surface area contributed by atoms with Crippen LogP contribution < -0.4 is 5.32 Å². The van der Waals surface area contributed by atoms with Crippen LogP contribution in [0.5, 0.6) is 0 Å². The maximum atomic E-state index is 4.14. The average molecular weight is 304 g/mol. The van der Waals surface area contributed by atoms with E-state index in [0.29, 0.717) is 6.04 Å². The van der Waals surface area contributed by atoms with E-state index in [1.165, 1.54) is 11.1 Å². The minimum atomic E-state index is 0.345. The number of hydrogen-bond donors (Lipinski definition) is 1. The van der Waals surface area contributed by atoms with E-state index < -0.39 is 0 Å². The molecule has 2 rings (SSSR count). The molecule has 1 aromatic heterocycles. The van der Waals surface area contributed by atoms with Crippen molar-refractivity contribution in [2.75, 3.05) is 12.3 Å². The quantitative estimate of drug-likeness (QED) is 0.761. The Morgan fingerprint density at radius 1 is 1.24 bits per heavy atom. The first-order valence-electron chi connectivity index (χ1n) is 7.53. The van der Waals surface area contributed by atoms with Crippen LogP contribution in [0.4, 0.5) is 0 Å². The van der Waals surface area contributed by atoms with Gasteiger partial charge in [0.15, 0.2) is 5.16 Å². The number of aryl methyl sites for hydroxylation is 2. The highest BCUT2D eigenvalue weighted by atomic mass is 32.2. The smallest absolute Gasteiger partial charge is 0.190 e. The molecule has 114 valence electrons. The predicted molar refractivity (Wildman–Crippen MR) is 88.6 cm³/mol. The van der Waals surface area contributed by atoms with Gasteiger partial charge in [-0.1, -0.05) is 49.9 Å². The van der Waals surface area contributed by atoms with E-state index in [2.05, 4.69) is 53.6 Å². The topological polar surface area (TPSA) is 42.7 Å². The Labute approximate surface area is 131 Å². The zero-order chi connectivity index (χ0) is 15.1. The first-order valence-corrected chi connectivity index (χ1v) is 8.52. The molecule has 0 spiro atoms. The highest BCUT2D eigenvalue weighted by Crippen LogP contribution is 2.23. The van der Waals surface area contributed by atoms with Crippen molar-refractivity contribution in [2.45, 2.75) is 37.9 Å². The lowest BCUT2D eigenvalue weighted by Crippen LogP contribution is -2.24. The van der Waals surface area contributed by atoms with Gasteiger partial charge in [0, 0.05) is 18.8 Å². The molecular weight excluding hydrogens is 280 g/mol. The lowest BCUT2D eigenvalue weighted by Gasteiger charge is -2.18. The fraction of sp³-hybridized carbons (Fsp3) is 0.500. The summed E-state index contributed by atoms with van der Waals surface area (Å²) in [7, 11) is 1.98. The summed E-state index contributed by atoms with van der Waals surface area (Å²) in [6.07, 6.45) is 3.96. The van der Waals surface area contributed by atoms with E-state index in [4.69, 9.17) is 0 Å². The number of benzene rings is 1. The van der Waals surface area contributed by atoms with Gasteiger partial charge in [-0.2, -0.15) is 0 Å². The molecule has 0 amide bonds. The second-order valence-electron chi connectivity index (χ2n) is 5.14. The maximum absolute atomic E-state index is 4.14. The molecule has 0 fully saturated rings. The van der Waals surface area contributed by atoms with Crippen LogP contribution in [-0.2, 0) is 13.5 Å². The van der Waals surface area contributed by atoms with Gasteiger partial charge in [0.05, 0.1) is 0 Å². The average Bonchev–Trinajstić information content (AvgIpc) is 2.93. The van der Waals surface area contributed by atoms with Crippen LogP contribution in [0.1, 0.15) is 37.4 Å². The van der Waals surface area contributed by atoms with Gasteiger partial charge in [-0.25, -0.2) is 0 Å². The van der Waals surface area contributed by atoms with E-state index in [9.17, 15) is 0 Å². The number of aromatic nitrogens is 3. The molecule has 0 bridgehead atoms. The molecule has 0 saturated heterocycles. The van der Waals surface area contributed by atoms with E-state index >= 15 is 0 Å². The molecule has 0 aliphatic heterocycles. The van der Waals surface area contributed by atoms with Gasteiger partial charge >= 0.3 is 0 Å². The number of nitrogens with one attached hydrogen (secondary N) is 1. The Bertz CT molecular complexity index is 535. The Kier molecular flexibility index (Phi) is 6.26. The van der Waals surface area contributed by atoms with Gasteiger partial charge in [-0.15, -0.1) is 10.2 Å². The fourth-order valence-corrected chi connectivity index (χ4v) is 3.12. The van der Waals surface area contributed by atoms with Gasteiger partial charge < -0.3 is 9.88 Å². The van der Waals surface area contributed by atoms with Crippen molar-refractivity contribution in [3.8, 4) is 0 Å². The van der Waals surface area contributed by atoms with Gasteiger partial charge in [0.25, 0.3) is 0 Å². The molecular formula is C16H24N4S. The third-order valence-corrected chi connectivity index (χ3v) is 4.61. The summed E-state index contributed by atoms with van der Waals surface area (Å²) >= 11 is 1.74. The van der Waals surface area contributed by atoms with Crippen molar-refractivity contribution in [1.82, 2.24) is 20.1 Å². The van der Waals surface area contributed by atoms with Crippen molar-refractivity contribution >= 4 is 11.8 Å². The molecule has 4 nitrogen and oxygen atoms in total. The number of hydrogen-bond acceptors (Lipinski definition) is 4. The molecule has 21 heavy (non-hydrogen) atoms. The summed E-state index contributed by atoms with van der Waals surface area (Å²) in [6.45, 7) is 5.41. The van der Waals surface area contributed by atoms with Gasteiger partial charge in [-0.05, 0) is 30.5 Å². The van der Waals surface area contributed by atoms with Gasteiger partial charge in [0.1, 0.15) is 6.33 Å². The van der Waals surface area contributed by atoms with Crippen LogP contribution in [0.15, 0.2) is 35.7 Å². The van der Waals surface area contributed by atoms with E-state index in [1.54, 1.807) is 18.1 Å². The largest absolute Gasteiger partial charge is 0.312 e. The van der Waals surface area contributed by atoms with Crippen LogP contribution in [0.2, 0.25) is 0 Å². The molecule has 5 heteroatoms. The zero-order valence-corrected chi connectivity index (χ0v) is 13.9. The SMILES string of the molecule is CCCNC(CSc1nncn1C)c1ccc(CC)cc1. The second kappa shape index (κ2) is 8.20. The summed E-state index contributed by atoms with van der Waals surface area (Å²) in [5.41, 5.74) is 2.73. The molecule has 1 unspecified atom stereocenters. The highest BCUT2D eigenvalue weighted by Gasteiger charge is 2.13. The standard InChI is InChI=1S/C16H24N4S/c1-4-10-17-15(11-21-16-19-18-12-20(16)3)14-8-6-13(5-2)7-9-14/h6-9,12,15,17H,4-5,10-11H2,1-3H3. The first kappa shape index (κ1) is 16.0. The van der Waals surface area contributed by atoms with Crippen LogP contribution >= 0.6 is 11.8 Å². The molecule has 1 N–H and O–H groups in total. The lowest BCUT2D eigenvalue weighted by molar-refractivity contribution is 0.576. The normalized spacial score (nSPS) is 12.5. The summed E-state index contributed by atoms with van der Waals surface area (Å²) in [5, 5.41) is 12.7. The lowest BCUT2D eigenvalue weighted by atomic mass is 10.0. The van der Waals surface area contributed by atoms with E-state index in [1.807, 2.05) is 11.6 Å². The summed E-state index contributed by atoms with van der Waals surface area (Å²) in [4.78, 5) is 0. The van der Waals surface area contributed by atoms with E-state index in [0.717, 1.165) is 30.3 Å². The molecule has 1 aromatic carbocycles. The first-order chi connectivity index (χ1) is 10.2. The Morgan fingerprint density at radius 3 is 2.57 bits per heavy atom. The van der Waals surface area contributed by atoms with Crippen LogP contribution in [0.25, 0.3) is 0 Å². The minimum absolute atomic E-state index is 0.345. The third-order valence-electron chi connectivity index (χ3n) is 3.48. The Balaban J connectivity index is 2.04. The molecule has 1 heterocycles. The molecule has 0 saturated carbocycles. The Morgan fingerprint density at radius 2 is 2.00 bits per heavy atom. The van der Waals surface area contributed by atoms with Crippen molar-refractivity contribution in [1.29, 1.82) is 0 Å². The van der Waals surface area contributed by atoms with Gasteiger partial charge in [0.2, 0.25) is 0 Å². The monoisotopic (exact) mass is 304 g/mol. The predicted octanol–water partition coefficient (Wildman–Crippen LogP) is 3.21. The van der Waals surface area contributed by atoms with Crippen LogP contribution in [-0.4, -0.2) is 27.1 Å². The summed E-state index contributed by atoms with van der Waals surface area (Å²) < 4.78 is 1.96. The second-order valence-corrected chi connectivity index (χ2v) is 6.12. The molecule has 0 aliphatic carbocycles. The van der Waals surface area contributed by atoms with Crippen molar-refractivity contribution in [2.24, 2.45) is 7.05 Å². The van der Waals surface area contributed by atoms with Crippen molar-refractivity contribution in [3.63, 3.8) is 0 Å². The molecule has 2 aromatic rings. The fourth-order valence-electron chi connectivity index (χ4n) is 2.14. The summed E-state index contributed by atoms with van der Waals surface area (Å²) in [5.74, 6) is 0.956. The Hall–Kier alpha value is -1.33. The van der Waals surface area contributed by atoms with Crippen LogP contribution in [0.3, 0.4) is 0 Å². The minimum Gasteiger partial charge on any atom is -0.312 e.